The van der Waals surface area contributed by atoms with Gasteiger partial charge in [-0.15, -0.1) is 0 Å². The average molecular weight is 224 g/mol. The number of hydrogen-bond donors (Lipinski definition) is 0. The van der Waals surface area contributed by atoms with Gasteiger partial charge in [-0.1, -0.05) is 37.9 Å². The highest BCUT2D eigenvalue weighted by Gasteiger charge is 2.08. The normalized spacial score (nSPS) is 11.9. The fourth-order valence-corrected chi connectivity index (χ4v) is 1.29. The third-order valence-corrected chi connectivity index (χ3v) is 2.62. The Hall–Kier alpha value is -1.20. The molecule has 1 aromatic carbocycles. The fraction of sp³-hybridized carbons (Fsp3) is 0.417. The van der Waals surface area contributed by atoms with Crippen LogP contribution in [0.1, 0.15) is 25.8 Å². The van der Waals surface area contributed by atoms with Crippen LogP contribution >= 0.6 is 11.6 Å². The molecular weight excluding hydrogens is 210 g/mol. The molecule has 1 rings (SSSR count). The van der Waals surface area contributed by atoms with E-state index in [2.05, 4.69) is 13.8 Å². The van der Waals surface area contributed by atoms with Crippen molar-refractivity contribution in [1.29, 1.82) is 5.26 Å². The molecular formula is C12H14ClNO. The van der Waals surface area contributed by atoms with E-state index < -0.39 is 0 Å². The summed E-state index contributed by atoms with van der Waals surface area (Å²) in [5.74, 6) is 1.06. The number of nitrogens with zero attached hydrogens (tertiary/aromatic N) is 1. The van der Waals surface area contributed by atoms with E-state index in [9.17, 15) is 0 Å². The van der Waals surface area contributed by atoms with Gasteiger partial charge in [0.05, 0.1) is 11.6 Å². The van der Waals surface area contributed by atoms with Crippen molar-refractivity contribution >= 4 is 11.6 Å². The summed E-state index contributed by atoms with van der Waals surface area (Å²) in [4.78, 5) is 0. The predicted molar refractivity (Wildman–Crippen MR) is 61.1 cm³/mol. The average Bonchev–Trinajstić information content (AvgIpc) is 2.25. The molecule has 0 radical (unpaired) electrons. The van der Waals surface area contributed by atoms with Crippen LogP contribution in [0.4, 0.5) is 0 Å². The zero-order chi connectivity index (χ0) is 11.3. The second-order valence-electron chi connectivity index (χ2n) is 3.55. The van der Waals surface area contributed by atoms with Crippen LogP contribution in [0.25, 0.3) is 0 Å². The van der Waals surface area contributed by atoms with Crippen LogP contribution in [0.5, 0.6) is 5.75 Å². The minimum atomic E-state index is 0.419. The van der Waals surface area contributed by atoms with Crippen molar-refractivity contribution in [2.75, 3.05) is 6.61 Å². The second-order valence-corrected chi connectivity index (χ2v) is 3.96. The van der Waals surface area contributed by atoms with Gasteiger partial charge in [-0.05, 0) is 18.1 Å². The SMILES string of the molecule is CCC(C)COc1cccc(Cl)c1C#N. The number of nitriles is 1. The summed E-state index contributed by atoms with van der Waals surface area (Å²) in [5, 5.41) is 9.35. The first kappa shape index (κ1) is 11.9. The van der Waals surface area contributed by atoms with Crippen LogP contribution in [0.3, 0.4) is 0 Å². The molecule has 0 aliphatic carbocycles. The number of hydrogen-bond acceptors (Lipinski definition) is 2. The molecule has 3 heteroatoms. The van der Waals surface area contributed by atoms with Crippen molar-refractivity contribution in [3.8, 4) is 11.8 Å². The lowest BCUT2D eigenvalue weighted by Gasteiger charge is -2.12. The standard InChI is InChI=1S/C12H14ClNO/c1-3-9(2)8-15-12-6-4-5-11(13)10(12)7-14/h4-6,9H,3,8H2,1-2H3. The van der Waals surface area contributed by atoms with E-state index in [1.165, 1.54) is 0 Å². The Morgan fingerprint density at radius 3 is 2.87 bits per heavy atom. The van der Waals surface area contributed by atoms with Crippen LogP contribution in [0.15, 0.2) is 18.2 Å². The Balaban J connectivity index is 2.77. The highest BCUT2D eigenvalue weighted by molar-refractivity contribution is 6.31. The predicted octanol–water partition coefficient (Wildman–Crippen LogP) is 3.64. The van der Waals surface area contributed by atoms with Crippen molar-refractivity contribution in [1.82, 2.24) is 0 Å². The van der Waals surface area contributed by atoms with Gasteiger partial charge in [-0.25, -0.2) is 0 Å². The molecule has 0 N–H and O–H groups in total. The Morgan fingerprint density at radius 2 is 2.27 bits per heavy atom. The molecule has 0 spiro atoms. The van der Waals surface area contributed by atoms with Crippen LogP contribution in [-0.4, -0.2) is 6.61 Å². The molecule has 1 aromatic rings. The first-order valence-corrected chi connectivity index (χ1v) is 5.38. The monoisotopic (exact) mass is 223 g/mol. The molecule has 1 atom stereocenters. The molecule has 2 nitrogen and oxygen atoms in total. The molecule has 15 heavy (non-hydrogen) atoms. The van der Waals surface area contributed by atoms with Gasteiger partial charge < -0.3 is 4.74 Å². The fourth-order valence-electron chi connectivity index (χ4n) is 1.08. The van der Waals surface area contributed by atoms with Crippen molar-refractivity contribution < 1.29 is 4.74 Å². The molecule has 0 aliphatic heterocycles. The summed E-state index contributed by atoms with van der Waals surface area (Å²) in [5.41, 5.74) is 0.419. The largest absolute Gasteiger partial charge is 0.492 e. The summed E-state index contributed by atoms with van der Waals surface area (Å²) in [6, 6.07) is 7.30. The van der Waals surface area contributed by atoms with Crippen LogP contribution in [0, 0.1) is 17.2 Å². The first-order chi connectivity index (χ1) is 7.19. The molecule has 0 aromatic heterocycles. The van der Waals surface area contributed by atoms with Crippen molar-refractivity contribution in [3.63, 3.8) is 0 Å². The Labute approximate surface area is 95.4 Å². The van der Waals surface area contributed by atoms with Gasteiger partial charge in [0, 0.05) is 0 Å². The van der Waals surface area contributed by atoms with Gasteiger partial charge in [-0.3, -0.25) is 0 Å². The number of rotatable bonds is 4. The van der Waals surface area contributed by atoms with E-state index in [-0.39, 0.29) is 0 Å². The summed E-state index contributed by atoms with van der Waals surface area (Å²) in [7, 11) is 0. The van der Waals surface area contributed by atoms with E-state index in [1.807, 2.05) is 6.07 Å². The Morgan fingerprint density at radius 1 is 1.53 bits per heavy atom. The molecule has 0 saturated carbocycles. The Bertz CT molecular complexity index is 370. The highest BCUT2D eigenvalue weighted by Crippen LogP contribution is 2.25. The lowest BCUT2D eigenvalue weighted by molar-refractivity contribution is 0.256. The van der Waals surface area contributed by atoms with Crippen LogP contribution in [0.2, 0.25) is 5.02 Å². The highest BCUT2D eigenvalue weighted by atomic mass is 35.5. The zero-order valence-corrected chi connectivity index (χ0v) is 9.71. The van der Waals surface area contributed by atoms with Crippen LogP contribution < -0.4 is 4.74 Å². The van der Waals surface area contributed by atoms with E-state index in [0.29, 0.717) is 28.9 Å². The number of benzene rings is 1. The molecule has 1 unspecified atom stereocenters. The first-order valence-electron chi connectivity index (χ1n) is 5.00. The van der Waals surface area contributed by atoms with Crippen molar-refractivity contribution in [3.05, 3.63) is 28.8 Å². The molecule has 80 valence electrons. The van der Waals surface area contributed by atoms with Gasteiger partial charge >= 0.3 is 0 Å². The third-order valence-electron chi connectivity index (χ3n) is 2.31. The van der Waals surface area contributed by atoms with Gasteiger partial charge in [-0.2, -0.15) is 5.26 Å². The lowest BCUT2D eigenvalue weighted by atomic mass is 10.1. The minimum Gasteiger partial charge on any atom is -0.492 e. The van der Waals surface area contributed by atoms with Gasteiger partial charge in [0.15, 0.2) is 0 Å². The number of halogens is 1. The minimum absolute atomic E-state index is 0.419. The Kier molecular flexibility index (Phi) is 4.45. The maximum atomic E-state index is 8.91. The second kappa shape index (κ2) is 5.63. The van der Waals surface area contributed by atoms with E-state index in [4.69, 9.17) is 21.6 Å². The van der Waals surface area contributed by atoms with Crippen molar-refractivity contribution in [2.24, 2.45) is 5.92 Å². The van der Waals surface area contributed by atoms with E-state index >= 15 is 0 Å². The molecule has 0 aliphatic rings. The van der Waals surface area contributed by atoms with Crippen molar-refractivity contribution in [2.45, 2.75) is 20.3 Å². The van der Waals surface area contributed by atoms with E-state index in [1.54, 1.807) is 18.2 Å². The smallest absolute Gasteiger partial charge is 0.138 e. The molecule has 0 saturated heterocycles. The van der Waals surface area contributed by atoms with Gasteiger partial charge in [0.2, 0.25) is 0 Å². The van der Waals surface area contributed by atoms with Gasteiger partial charge in [0.1, 0.15) is 17.4 Å². The molecule has 0 heterocycles. The maximum absolute atomic E-state index is 8.91. The summed E-state index contributed by atoms with van der Waals surface area (Å²) < 4.78 is 5.55. The molecule has 0 amide bonds. The molecule has 0 bridgehead atoms. The van der Waals surface area contributed by atoms with E-state index in [0.717, 1.165) is 6.42 Å². The summed E-state index contributed by atoms with van der Waals surface area (Å²) >= 11 is 5.88. The topological polar surface area (TPSA) is 33.0 Å². The quantitative estimate of drug-likeness (QED) is 0.781. The van der Waals surface area contributed by atoms with Crippen LogP contribution in [-0.2, 0) is 0 Å². The molecule has 0 fully saturated rings. The third kappa shape index (κ3) is 3.14. The summed E-state index contributed by atoms with van der Waals surface area (Å²) in [6.45, 7) is 4.83. The zero-order valence-electron chi connectivity index (χ0n) is 8.96. The maximum Gasteiger partial charge on any atom is 0.138 e. The lowest BCUT2D eigenvalue weighted by Crippen LogP contribution is -2.08. The number of ether oxygens (including phenoxy) is 1. The van der Waals surface area contributed by atoms with Gasteiger partial charge in [0.25, 0.3) is 0 Å². The summed E-state index contributed by atoms with van der Waals surface area (Å²) in [6.07, 6.45) is 1.06.